The predicted molar refractivity (Wildman–Crippen MR) is 112 cm³/mol. The fraction of sp³-hybridized carbons (Fsp3) is 0.556. The van der Waals surface area contributed by atoms with Crippen LogP contribution >= 0.6 is 24.0 Å². The molecule has 0 saturated heterocycles. The highest BCUT2D eigenvalue weighted by atomic mass is 127. The zero-order valence-electron chi connectivity index (χ0n) is 15.7. The van der Waals surface area contributed by atoms with E-state index in [-0.39, 0.29) is 36.0 Å². The molecule has 0 saturated carbocycles. The van der Waals surface area contributed by atoms with Crippen molar-refractivity contribution in [2.75, 3.05) is 27.3 Å². The van der Waals surface area contributed by atoms with Gasteiger partial charge in [0.05, 0.1) is 26.2 Å². The minimum absolute atomic E-state index is 0. The second-order valence-electron chi connectivity index (χ2n) is 5.97. The molecule has 0 aliphatic heterocycles. The van der Waals surface area contributed by atoms with Gasteiger partial charge in [-0.25, -0.2) is 0 Å². The molecule has 7 heteroatoms. The Morgan fingerprint density at radius 3 is 2.36 bits per heavy atom. The molecule has 1 rings (SSSR count). The molecular formula is C18H30IN3O3. The zero-order valence-corrected chi connectivity index (χ0v) is 18.0. The van der Waals surface area contributed by atoms with Gasteiger partial charge in [-0.1, -0.05) is 26.0 Å². The van der Waals surface area contributed by atoms with Gasteiger partial charge in [0.15, 0.2) is 5.96 Å². The van der Waals surface area contributed by atoms with Crippen molar-refractivity contribution < 1.29 is 14.3 Å². The molecule has 0 amide bonds. The van der Waals surface area contributed by atoms with E-state index in [9.17, 15) is 4.79 Å². The number of benzene rings is 1. The van der Waals surface area contributed by atoms with E-state index in [4.69, 9.17) is 4.74 Å². The average molecular weight is 463 g/mol. The molecular weight excluding hydrogens is 433 g/mol. The van der Waals surface area contributed by atoms with Crippen molar-refractivity contribution in [1.82, 2.24) is 10.6 Å². The Labute approximate surface area is 167 Å². The summed E-state index contributed by atoms with van der Waals surface area (Å²) in [5.41, 5.74) is 1.13. The van der Waals surface area contributed by atoms with Crippen LogP contribution in [0.1, 0.15) is 38.8 Å². The first-order valence-corrected chi connectivity index (χ1v) is 8.23. The third-order valence-corrected chi connectivity index (χ3v) is 3.39. The highest BCUT2D eigenvalue weighted by Crippen LogP contribution is 2.18. The molecule has 0 bridgehead atoms. The smallest absolute Gasteiger partial charge is 0.307 e. The van der Waals surface area contributed by atoms with E-state index < -0.39 is 0 Å². The Balaban J connectivity index is 0.00000576. The number of hydrogen-bond donors (Lipinski definition) is 2. The van der Waals surface area contributed by atoms with Crippen LogP contribution in [0.4, 0.5) is 0 Å². The Morgan fingerprint density at radius 1 is 1.20 bits per heavy atom. The maximum Gasteiger partial charge on any atom is 0.307 e. The van der Waals surface area contributed by atoms with Crippen LogP contribution in [0.15, 0.2) is 29.3 Å². The second-order valence-corrected chi connectivity index (χ2v) is 5.97. The molecule has 0 heterocycles. The number of methoxy groups -OCH3 is 1. The van der Waals surface area contributed by atoms with Gasteiger partial charge in [0, 0.05) is 13.6 Å². The number of nitrogens with one attached hydrogen (secondary N) is 2. The van der Waals surface area contributed by atoms with Crippen molar-refractivity contribution in [3.8, 4) is 5.75 Å². The first kappa shape index (κ1) is 23.5. The lowest BCUT2D eigenvalue weighted by Crippen LogP contribution is -2.39. The van der Waals surface area contributed by atoms with Crippen molar-refractivity contribution in [3.63, 3.8) is 0 Å². The minimum Gasteiger partial charge on any atom is -0.493 e. The van der Waals surface area contributed by atoms with Gasteiger partial charge in [0.2, 0.25) is 0 Å². The van der Waals surface area contributed by atoms with Crippen molar-refractivity contribution in [2.24, 2.45) is 10.9 Å². The lowest BCUT2D eigenvalue weighted by atomic mass is 10.1. The lowest BCUT2D eigenvalue weighted by Gasteiger charge is -2.18. The summed E-state index contributed by atoms with van der Waals surface area (Å²) >= 11 is 0. The van der Waals surface area contributed by atoms with Crippen LogP contribution in [0.25, 0.3) is 0 Å². The molecule has 6 nitrogen and oxygen atoms in total. The van der Waals surface area contributed by atoms with Gasteiger partial charge in [-0.3, -0.25) is 9.79 Å². The number of hydrogen-bond acceptors (Lipinski definition) is 4. The summed E-state index contributed by atoms with van der Waals surface area (Å²) < 4.78 is 10.3. The third kappa shape index (κ3) is 9.52. The summed E-state index contributed by atoms with van der Waals surface area (Å²) in [4.78, 5) is 15.3. The van der Waals surface area contributed by atoms with Crippen LogP contribution in [0.3, 0.4) is 0 Å². The Morgan fingerprint density at radius 2 is 1.84 bits per heavy atom. The first-order chi connectivity index (χ1) is 11.5. The summed E-state index contributed by atoms with van der Waals surface area (Å²) in [6.07, 6.45) is 0.299. The van der Waals surface area contributed by atoms with Crippen LogP contribution in [0.5, 0.6) is 5.75 Å². The number of carbonyl (C=O) groups excluding carboxylic acids is 1. The van der Waals surface area contributed by atoms with Gasteiger partial charge in [0.1, 0.15) is 5.75 Å². The monoisotopic (exact) mass is 463 g/mol. The van der Waals surface area contributed by atoms with E-state index in [1.807, 2.05) is 24.3 Å². The summed E-state index contributed by atoms with van der Waals surface area (Å²) in [5, 5.41) is 6.38. The number of esters is 1. The van der Waals surface area contributed by atoms with E-state index in [1.165, 1.54) is 7.11 Å². The molecule has 0 radical (unpaired) electrons. The SMILES string of the molecule is CN=C(NCCC(=O)OC)NC(C)c1ccc(OCC(C)C)cc1.I. The number of guanidine groups is 1. The summed E-state index contributed by atoms with van der Waals surface area (Å²) in [7, 11) is 3.08. The van der Waals surface area contributed by atoms with E-state index in [0.29, 0.717) is 31.4 Å². The number of aliphatic imine (C=N–C) groups is 1. The molecule has 2 N–H and O–H groups in total. The number of rotatable bonds is 8. The maximum absolute atomic E-state index is 11.1. The van der Waals surface area contributed by atoms with Crippen LogP contribution in [-0.4, -0.2) is 39.2 Å². The predicted octanol–water partition coefficient (Wildman–Crippen LogP) is 3.13. The highest BCUT2D eigenvalue weighted by Gasteiger charge is 2.09. The average Bonchev–Trinajstić information content (AvgIpc) is 2.59. The quantitative estimate of drug-likeness (QED) is 0.268. The lowest BCUT2D eigenvalue weighted by molar-refractivity contribution is -0.140. The van der Waals surface area contributed by atoms with Crippen LogP contribution in [-0.2, 0) is 9.53 Å². The minimum atomic E-state index is -0.247. The molecule has 1 unspecified atom stereocenters. The zero-order chi connectivity index (χ0) is 17.9. The maximum atomic E-state index is 11.1. The molecule has 0 spiro atoms. The number of ether oxygens (including phenoxy) is 2. The van der Waals surface area contributed by atoms with E-state index in [2.05, 4.69) is 41.1 Å². The molecule has 0 aliphatic rings. The number of halogens is 1. The topological polar surface area (TPSA) is 72.0 Å². The van der Waals surface area contributed by atoms with Crippen LogP contribution in [0, 0.1) is 5.92 Å². The first-order valence-electron chi connectivity index (χ1n) is 8.23. The molecule has 142 valence electrons. The van der Waals surface area contributed by atoms with Crippen molar-refractivity contribution >= 4 is 35.9 Å². The Kier molecular flexibility index (Phi) is 12.0. The van der Waals surface area contributed by atoms with Crippen molar-refractivity contribution in [2.45, 2.75) is 33.2 Å². The third-order valence-electron chi connectivity index (χ3n) is 3.39. The normalized spacial score (nSPS) is 12.2. The van der Waals surface area contributed by atoms with Crippen LogP contribution < -0.4 is 15.4 Å². The number of carbonyl (C=O) groups is 1. The molecule has 25 heavy (non-hydrogen) atoms. The van der Waals surface area contributed by atoms with Gasteiger partial charge in [-0.05, 0) is 30.5 Å². The summed E-state index contributed by atoms with van der Waals surface area (Å²) in [6, 6.07) is 8.10. The van der Waals surface area contributed by atoms with E-state index in [1.54, 1.807) is 7.05 Å². The molecule has 1 aromatic carbocycles. The molecule has 0 aromatic heterocycles. The van der Waals surface area contributed by atoms with Crippen LogP contribution in [0.2, 0.25) is 0 Å². The van der Waals surface area contributed by atoms with Crippen molar-refractivity contribution in [1.29, 1.82) is 0 Å². The van der Waals surface area contributed by atoms with Gasteiger partial charge in [0.25, 0.3) is 0 Å². The van der Waals surface area contributed by atoms with Gasteiger partial charge in [-0.2, -0.15) is 0 Å². The molecule has 0 fully saturated rings. The van der Waals surface area contributed by atoms with Crippen molar-refractivity contribution in [3.05, 3.63) is 29.8 Å². The molecule has 0 aliphatic carbocycles. The van der Waals surface area contributed by atoms with Gasteiger partial charge in [-0.15, -0.1) is 24.0 Å². The Hall–Kier alpha value is -1.51. The van der Waals surface area contributed by atoms with E-state index in [0.717, 1.165) is 11.3 Å². The highest BCUT2D eigenvalue weighted by molar-refractivity contribution is 14.0. The summed E-state index contributed by atoms with van der Waals surface area (Å²) in [5.74, 6) is 1.78. The van der Waals surface area contributed by atoms with Gasteiger partial charge < -0.3 is 20.1 Å². The standard InChI is InChI=1S/C18H29N3O3.HI/c1-13(2)12-24-16-8-6-15(7-9-16)14(3)21-18(19-4)20-11-10-17(22)23-5;/h6-9,13-14H,10-12H2,1-5H3,(H2,19,20,21);1H. The fourth-order valence-electron chi connectivity index (χ4n) is 1.98. The fourth-order valence-corrected chi connectivity index (χ4v) is 1.98. The Bertz CT molecular complexity index is 533. The van der Waals surface area contributed by atoms with Gasteiger partial charge >= 0.3 is 5.97 Å². The largest absolute Gasteiger partial charge is 0.493 e. The summed E-state index contributed by atoms with van der Waals surface area (Å²) in [6.45, 7) is 7.49. The second kappa shape index (κ2) is 12.8. The number of nitrogens with zero attached hydrogens (tertiary/aromatic N) is 1. The molecule has 1 aromatic rings. The molecule has 1 atom stereocenters. The van der Waals surface area contributed by atoms with E-state index >= 15 is 0 Å².